The summed E-state index contributed by atoms with van der Waals surface area (Å²) in [4.78, 5) is 11.5. The van der Waals surface area contributed by atoms with Crippen LogP contribution < -0.4 is 0 Å². The van der Waals surface area contributed by atoms with Crippen molar-refractivity contribution in [2.24, 2.45) is 0 Å². The predicted molar refractivity (Wildman–Crippen MR) is 73.4 cm³/mol. The van der Waals surface area contributed by atoms with E-state index in [1.807, 2.05) is 32.0 Å². The summed E-state index contributed by atoms with van der Waals surface area (Å²) in [6.07, 6.45) is 1.12. The van der Waals surface area contributed by atoms with E-state index in [9.17, 15) is 4.79 Å². The molecule has 0 spiro atoms. The summed E-state index contributed by atoms with van der Waals surface area (Å²) in [5.74, 6) is -0.127. The quantitative estimate of drug-likeness (QED) is 0.749. The Morgan fingerprint density at radius 2 is 1.89 bits per heavy atom. The molecule has 0 aliphatic carbocycles. The Hall–Kier alpha value is -1.83. The Labute approximate surface area is 108 Å². The van der Waals surface area contributed by atoms with Gasteiger partial charge in [0.25, 0.3) is 0 Å². The summed E-state index contributed by atoms with van der Waals surface area (Å²) in [6.45, 7) is 3.89. The molecule has 2 rings (SSSR count). The maximum absolute atomic E-state index is 11.5. The second-order valence-electron chi connectivity index (χ2n) is 4.49. The highest BCUT2D eigenvalue weighted by Crippen LogP contribution is 2.22. The zero-order chi connectivity index (χ0) is 13.0. The van der Waals surface area contributed by atoms with Gasteiger partial charge in [0, 0.05) is 6.42 Å². The average molecular weight is 242 g/mol. The zero-order valence-corrected chi connectivity index (χ0v) is 10.8. The predicted octanol–water partition coefficient (Wildman–Crippen LogP) is 4.24. The summed E-state index contributed by atoms with van der Waals surface area (Å²) >= 11 is 0. The van der Waals surface area contributed by atoms with Gasteiger partial charge in [-0.1, -0.05) is 43.3 Å². The molecule has 0 amide bonds. The lowest BCUT2D eigenvalue weighted by molar-refractivity contribution is -0.148. The van der Waals surface area contributed by atoms with Crippen LogP contribution in [0.25, 0.3) is 10.8 Å². The van der Waals surface area contributed by atoms with E-state index >= 15 is 0 Å². The van der Waals surface area contributed by atoms with Crippen LogP contribution in [0.5, 0.6) is 0 Å². The summed E-state index contributed by atoms with van der Waals surface area (Å²) in [5, 5.41) is 2.38. The lowest BCUT2D eigenvalue weighted by Crippen LogP contribution is -2.08. The number of hydrogen-bond donors (Lipinski definition) is 0. The third-order valence-corrected chi connectivity index (χ3v) is 3.01. The fourth-order valence-electron chi connectivity index (χ4n) is 1.99. The Morgan fingerprint density at radius 1 is 1.17 bits per heavy atom. The molecule has 18 heavy (non-hydrogen) atoms. The Bertz CT molecular complexity index is 546. The summed E-state index contributed by atoms with van der Waals surface area (Å²) in [7, 11) is 0. The van der Waals surface area contributed by atoms with Crippen LogP contribution in [0.4, 0.5) is 0 Å². The monoisotopic (exact) mass is 242 g/mol. The Kier molecular flexibility index (Phi) is 3.98. The average Bonchev–Trinajstić information content (AvgIpc) is 2.38. The minimum atomic E-state index is -0.186. The van der Waals surface area contributed by atoms with Gasteiger partial charge < -0.3 is 4.74 Å². The molecule has 2 nitrogen and oxygen atoms in total. The SMILES string of the molecule is CCCC(=O)OC(C)c1ccc2ccccc2c1. The molecule has 0 fully saturated rings. The fourth-order valence-corrected chi connectivity index (χ4v) is 1.99. The standard InChI is InChI=1S/C16H18O2/c1-3-6-16(17)18-12(2)14-10-9-13-7-4-5-8-15(13)11-14/h4-5,7-12H,3,6H2,1-2H3. The molecule has 0 bridgehead atoms. The third-order valence-electron chi connectivity index (χ3n) is 3.01. The van der Waals surface area contributed by atoms with Crippen LogP contribution in [0.3, 0.4) is 0 Å². The molecule has 0 aromatic heterocycles. The molecule has 94 valence electrons. The highest BCUT2D eigenvalue weighted by atomic mass is 16.5. The Morgan fingerprint density at radius 3 is 2.61 bits per heavy atom. The van der Waals surface area contributed by atoms with Gasteiger partial charge >= 0.3 is 5.97 Å². The largest absolute Gasteiger partial charge is 0.458 e. The van der Waals surface area contributed by atoms with E-state index < -0.39 is 0 Å². The number of carbonyl (C=O) groups is 1. The van der Waals surface area contributed by atoms with Gasteiger partial charge in [-0.3, -0.25) is 4.79 Å². The van der Waals surface area contributed by atoms with Crippen molar-refractivity contribution in [2.45, 2.75) is 32.8 Å². The maximum atomic E-state index is 11.5. The van der Waals surface area contributed by atoms with Crippen molar-refractivity contribution in [3.63, 3.8) is 0 Å². The van der Waals surface area contributed by atoms with Gasteiger partial charge in [-0.2, -0.15) is 0 Å². The van der Waals surface area contributed by atoms with Crippen LogP contribution in [-0.4, -0.2) is 5.97 Å². The topological polar surface area (TPSA) is 26.3 Å². The van der Waals surface area contributed by atoms with Gasteiger partial charge in [-0.25, -0.2) is 0 Å². The second-order valence-corrected chi connectivity index (χ2v) is 4.49. The number of hydrogen-bond acceptors (Lipinski definition) is 2. The lowest BCUT2D eigenvalue weighted by atomic mass is 10.0. The fraction of sp³-hybridized carbons (Fsp3) is 0.312. The summed E-state index contributed by atoms with van der Waals surface area (Å²) in [5.41, 5.74) is 1.04. The van der Waals surface area contributed by atoms with Crippen molar-refractivity contribution >= 4 is 16.7 Å². The molecule has 0 saturated carbocycles. The van der Waals surface area contributed by atoms with E-state index in [1.165, 1.54) is 10.8 Å². The molecule has 2 aromatic carbocycles. The van der Waals surface area contributed by atoms with Crippen LogP contribution in [0.15, 0.2) is 42.5 Å². The van der Waals surface area contributed by atoms with E-state index in [0.717, 1.165) is 12.0 Å². The lowest BCUT2D eigenvalue weighted by Gasteiger charge is -2.14. The first-order valence-corrected chi connectivity index (χ1v) is 6.39. The summed E-state index contributed by atoms with van der Waals surface area (Å²) < 4.78 is 5.39. The van der Waals surface area contributed by atoms with E-state index in [0.29, 0.717) is 6.42 Å². The highest BCUT2D eigenvalue weighted by Gasteiger charge is 2.11. The van der Waals surface area contributed by atoms with Crippen LogP contribution in [0.2, 0.25) is 0 Å². The van der Waals surface area contributed by atoms with E-state index in [-0.39, 0.29) is 12.1 Å². The minimum Gasteiger partial charge on any atom is -0.458 e. The number of fused-ring (bicyclic) bond motifs is 1. The van der Waals surface area contributed by atoms with Crippen LogP contribution in [0.1, 0.15) is 38.4 Å². The van der Waals surface area contributed by atoms with Gasteiger partial charge in [0.05, 0.1) is 0 Å². The molecule has 1 unspecified atom stereocenters. The van der Waals surface area contributed by atoms with E-state index in [2.05, 4.69) is 24.3 Å². The normalized spacial score (nSPS) is 12.3. The molecule has 0 aliphatic heterocycles. The molecular formula is C16H18O2. The third kappa shape index (κ3) is 2.89. The van der Waals surface area contributed by atoms with Gasteiger partial charge in [0.1, 0.15) is 6.10 Å². The van der Waals surface area contributed by atoms with Gasteiger partial charge in [-0.05, 0) is 35.7 Å². The van der Waals surface area contributed by atoms with Crippen LogP contribution >= 0.6 is 0 Å². The molecule has 0 aliphatic rings. The number of benzene rings is 2. The molecule has 2 heteroatoms. The second kappa shape index (κ2) is 5.67. The number of carbonyl (C=O) groups excluding carboxylic acids is 1. The van der Waals surface area contributed by atoms with Crippen molar-refractivity contribution in [1.29, 1.82) is 0 Å². The van der Waals surface area contributed by atoms with E-state index in [1.54, 1.807) is 0 Å². The van der Waals surface area contributed by atoms with Gasteiger partial charge in [0.15, 0.2) is 0 Å². The van der Waals surface area contributed by atoms with Gasteiger partial charge in [0.2, 0.25) is 0 Å². The van der Waals surface area contributed by atoms with Gasteiger partial charge in [-0.15, -0.1) is 0 Å². The molecule has 0 N–H and O–H groups in total. The van der Waals surface area contributed by atoms with E-state index in [4.69, 9.17) is 4.74 Å². The molecule has 2 aromatic rings. The number of esters is 1. The van der Waals surface area contributed by atoms with Crippen LogP contribution in [-0.2, 0) is 9.53 Å². The molecule has 0 saturated heterocycles. The smallest absolute Gasteiger partial charge is 0.306 e. The number of ether oxygens (including phenoxy) is 1. The van der Waals surface area contributed by atoms with Crippen molar-refractivity contribution in [3.8, 4) is 0 Å². The minimum absolute atomic E-state index is 0.127. The first-order chi connectivity index (χ1) is 8.70. The first-order valence-electron chi connectivity index (χ1n) is 6.39. The van der Waals surface area contributed by atoms with Crippen molar-refractivity contribution in [3.05, 3.63) is 48.0 Å². The Balaban J connectivity index is 2.17. The summed E-state index contributed by atoms with van der Waals surface area (Å²) in [6, 6.07) is 14.3. The maximum Gasteiger partial charge on any atom is 0.306 e. The molecular weight excluding hydrogens is 224 g/mol. The van der Waals surface area contributed by atoms with Crippen molar-refractivity contribution < 1.29 is 9.53 Å². The van der Waals surface area contributed by atoms with Crippen molar-refractivity contribution in [1.82, 2.24) is 0 Å². The first kappa shape index (κ1) is 12.6. The zero-order valence-electron chi connectivity index (χ0n) is 10.8. The number of rotatable bonds is 4. The molecule has 0 heterocycles. The molecule has 1 atom stereocenters. The molecule has 0 radical (unpaired) electrons. The van der Waals surface area contributed by atoms with Crippen LogP contribution in [0, 0.1) is 0 Å². The van der Waals surface area contributed by atoms with Crippen molar-refractivity contribution in [2.75, 3.05) is 0 Å². The highest BCUT2D eigenvalue weighted by molar-refractivity contribution is 5.83.